The van der Waals surface area contributed by atoms with Crippen LogP contribution in [0.5, 0.6) is 0 Å². The predicted molar refractivity (Wildman–Crippen MR) is 74.5 cm³/mol. The molecule has 0 bridgehead atoms. The van der Waals surface area contributed by atoms with Crippen molar-refractivity contribution in [1.29, 1.82) is 0 Å². The summed E-state index contributed by atoms with van der Waals surface area (Å²) < 4.78 is 5.42. The summed E-state index contributed by atoms with van der Waals surface area (Å²) in [5.41, 5.74) is 1.85. The number of rotatable bonds is 0. The van der Waals surface area contributed by atoms with Crippen molar-refractivity contribution in [3.05, 3.63) is 35.4 Å². The Labute approximate surface area is 114 Å². The van der Waals surface area contributed by atoms with Crippen molar-refractivity contribution in [1.82, 2.24) is 4.90 Å². The van der Waals surface area contributed by atoms with Gasteiger partial charge >= 0.3 is 6.09 Å². The highest BCUT2D eigenvalue weighted by Crippen LogP contribution is 2.24. The van der Waals surface area contributed by atoms with Crippen LogP contribution in [0.25, 0.3) is 0 Å². The average molecular weight is 257 g/mol. The van der Waals surface area contributed by atoms with Gasteiger partial charge in [-0.25, -0.2) is 4.79 Å². The quantitative estimate of drug-likeness (QED) is 0.669. The van der Waals surface area contributed by atoms with Gasteiger partial charge in [0.15, 0.2) is 0 Å². The van der Waals surface area contributed by atoms with Crippen molar-refractivity contribution in [3.8, 4) is 12.3 Å². The topological polar surface area (TPSA) is 29.5 Å². The van der Waals surface area contributed by atoms with Crippen molar-refractivity contribution in [2.75, 3.05) is 0 Å². The molecule has 1 aliphatic heterocycles. The van der Waals surface area contributed by atoms with E-state index in [4.69, 9.17) is 11.2 Å². The first-order chi connectivity index (χ1) is 8.90. The zero-order valence-electron chi connectivity index (χ0n) is 11.6. The van der Waals surface area contributed by atoms with Gasteiger partial charge in [0.05, 0.1) is 6.54 Å². The third kappa shape index (κ3) is 3.08. The summed E-state index contributed by atoms with van der Waals surface area (Å²) >= 11 is 0. The van der Waals surface area contributed by atoms with Crippen molar-refractivity contribution in [2.24, 2.45) is 0 Å². The molecule has 0 N–H and O–H groups in total. The SMILES string of the molecule is C#CC1Cc2ccccc2CN1C(=O)OC(C)(C)C. The second-order valence-corrected chi connectivity index (χ2v) is 5.76. The highest BCUT2D eigenvalue weighted by atomic mass is 16.6. The molecule has 0 saturated heterocycles. The van der Waals surface area contributed by atoms with Gasteiger partial charge in [-0.15, -0.1) is 6.42 Å². The van der Waals surface area contributed by atoms with E-state index < -0.39 is 5.60 Å². The molecular weight excluding hydrogens is 238 g/mol. The Morgan fingerprint density at radius 2 is 2.00 bits per heavy atom. The normalized spacial score (nSPS) is 18.4. The van der Waals surface area contributed by atoms with E-state index in [-0.39, 0.29) is 12.1 Å². The third-order valence-electron chi connectivity index (χ3n) is 3.07. The van der Waals surface area contributed by atoms with Crippen LogP contribution >= 0.6 is 0 Å². The molecule has 0 saturated carbocycles. The Hall–Kier alpha value is -1.95. The van der Waals surface area contributed by atoms with Crippen molar-refractivity contribution >= 4 is 6.09 Å². The molecule has 0 spiro atoms. The van der Waals surface area contributed by atoms with Crippen molar-refractivity contribution in [3.63, 3.8) is 0 Å². The minimum atomic E-state index is -0.507. The van der Waals surface area contributed by atoms with Gasteiger partial charge in [0.1, 0.15) is 11.6 Å². The minimum Gasteiger partial charge on any atom is -0.444 e. The van der Waals surface area contributed by atoms with Crippen LogP contribution in [-0.2, 0) is 17.7 Å². The number of benzene rings is 1. The molecule has 100 valence electrons. The minimum absolute atomic E-state index is 0.232. The van der Waals surface area contributed by atoms with Gasteiger partial charge in [0, 0.05) is 6.42 Å². The molecule has 3 heteroatoms. The lowest BCUT2D eigenvalue weighted by Gasteiger charge is -2.35. The Morgan fingerprint density at radius 1 is 1.37 bits per heavy atom. The molecule has 0 aliphatic carbocycles. The first kappa shape index (κ1) is 13.5. The first-order valence-corrected chi connectivity index (χ1v) is 6.43. The van der Waals surface area contributed by atoms with Gasteiger partial charge in [-0.1, -0.05) is 30.2 Å². The van der Waals surface area contributed by atoms with Gasteiger partial charge in [0.2, 0.25) is 0 Å². The Bertz CT molecular complexity index is 522. The molecule has 0 aromatic heterocycles. The summed E-state index contributed by atoms with van der Waals surface area (Å²) in [6.45, 7) is 6.08. The zero-order chi connectivity index (χ0) is 14.0. The molecule has 3 nitrogen and oxygen atoms in total. The van der Waals surface area contributed by atoms with E-state index in [9.17, 15) is 4.79 Å². The molecule has 0 fully saturated rings. The van der Waals surface area contributed by atoms with E-state index >= 15 is 0 Å². The molecule has 2 rings (SSSR count). The number of carbonyl (C=O) groups excluding carboxylic acids is 1. The lowest BCUT2D eigenvalue weighted by molar-refractivity contribution is 0.0172. The van der Waals surface area contributed by atoms with Gasteiger partial charge in [-0.05, 0) is 31.9 Å². The molecule has 1 amide bonds. The van der Waals surface area contributed by atoms with Gasteiger partial charge < -0.3 is 4.74 Å². The fraction of sp³-hybridized carbons (Fsp3) is 0.438. The number of ether oxygens (including phenoxy) is 1. The predicted octanol–water partition coefficient (Wildman–Crippen LogP) is 2.98. The largest absolute Gasteiger partial charge is 0.444 e. The first-order valence-electron chi connectivity index (χ1n) is 6.43. The van der Waals surface area contributed by atoms with Crippen LogP contribution in [0.15, 0.2) is 24.3 Å². The van der Waals surface area contributed by atoms with Crippen molar-refractivity contribution < 1.29 is 9.53 Å². The highest BCUT2D eigenvalue weighted by Gasteiger charge is 2.31. The van der Waals surface area contributed by atoms with E-state index in [0.717, 1.165) is 5.56 Å². The number of fused-ring (bicyclic) bond motifs is 1. The summed E-state index contributed by atoms with van der Waals surface area (Å²) in [7, 11) is 0. The summed E-state index contributed by atoms with van der Waals surface area (Å²) in [5, 5.41) is 0. The second kappa shape index (κ2) is 4.97. The maximum absolute atomic E-state index is 12.2. The monoisotopic (exact) mass is 257 g/mol. The average Bonchev–Trinajstić information content (AvgIpc) is 2.35. The Morgan fingerprint density at radius 3 is 2.58 bits per heavy atom. The molecule has 1 aromatic carbocycles. The Kier molecular flexibility index (Phi) is 3.53. The number of hydrogen-bond donors (Lipinski definition) is 0. The molecule has 19 heavy (non-hydrogen) atoms. The van der Waals surface area contributed by atoms with Crippen LogP contribution in [0.2, 0.25) is 0 Å². The summed E-state index contributed by atoms with van der Waals surface area (Å²) in [6.07, 6.45) is 5.90. The second-order valence-electron chi connectivity index (χ2n) is 5.76. The molecule has 1 heterocycles. The smallest absolute Gasteiger partial charge is 0.411 e. The molecule has 0 radical (unpaired) electrons. The van der Waals surface area contributed by atoms with Gasteiger partial charge in [0.25, 0.3) is 0 Å². The maximum atomic E-state index is 12.2. The fourth-order valence-corrected chi connectivity index (χ4v) is 2.18. The number of amides is 1. The van der Waals surface area contributed by atoms with Crippen LogP contribution in [0, 0.1) is 12.3 Å². The number of terminal acetylenes is 1. The van der Waals surface area contributed by atoms with Gasteiger partial charge in [-0.3, -0.25) is 4.90 Å². The van der Waals surface area contributed by atoms with E-state index in [1.807, 2.05) is 39.0 Å². The van der Waals surface area contributed by atoms with Crippen LogP contribution in [-0.4, -0.2) is 22.6 Å². The van der Waals surface area contributed by atoms with Crippen LogP contribution in [0.1, 0.15) is 31.9 Å². The molecule has 1 unspecified atom stereocenters. The summed E-state index contributed by atoms with van der Waals surface area (Å²) in [5.74, 6) is 2.69. The van der Waals surface area contributed by atoms with Crippen LogP contribution < -0.4 is 0 Å². The molecule has 1 aromatic rings. The fourth-order valence-electron chi connectivity index (χ4n) is 2.18. The molecule has 1 atom stereocenters. The Balaban J connectivity index is 2.22. The maximum Gasteiger partial charge on any atom is 0.411 e. The highest BCUT2D eigenvalue weighted by molar-refractivity contribution is 5.70. The summed E-state index contributed by atoms with van der Waals surface area (Å²) in [4.78, 5) is 13.8. The number of carbonyl (C=O) groups is 1. The van der Waals surface area contributed by atoms with Crippen molar-refractivity contribution in [2.45, 2.75) is 45.4 Å². The standard InChI is InChI=1S/C16H19NO2/c1-5-14-10-12-8-6-7-9-13(12)11-17(14)15(18)19-16(2,3)4/h1,6-9,14H,10-11H2,2-4H3. The lowest BCUT2D eigenvalue weighted by Crippen LogP contribution is -2.45. The van der Waals surface area contributed by atoms with Gasteiger partial charge in [-0.2, -0.15) is 0 Å². The van der Waals surface area contributed by atoms with Crippen LogP contribution in [0.3, 0.4) is 0 Å². The van der Waals surface area contributed by atoms with E-state index in [2.05, 4.69) is 12.0 Å². The van der Waals surface area contributed by atoms with E-state index in [1.54, 1.807) is 4.90 Å². The summed E-state index contributed by atoms with van der Waals surface area (Å²) in [6, 6.07) is 7.83. The third-order valence-corrected chi connectivity index (χ3v) is 3.07. The van der Waals surface area contributed by atoms with E-state index in [0.29, 0.717) is 13.0 Å². The number of nitrogens with zero attached hydrogens (tertiary/aromatic N) is 1. The molecular formula is C16H19NO2. The lowest BCUT2D eigenvalue weighted by atomic mass is 9.95. The van der Waals surface area contributed by atoms with Crippen LogP contribution in [0.4, 0.5) is 4.79 Å². The van der Waals surface area contributed by atoms with E-state index in [1.165, 1.54) is 5.56 Å². The molecule has 1 aliphatic rings. The number of hydrogen-bond acceptors (Lipinski definition) is 2. The zero-order valence-corrected chi connectivity index (χ0v) is 11.6.